The standard InChI is InChI=1S/C10H16N4O/c1-8-7-9(12-13(8)2)10(15)14-5-3-11-4-6-14/h7,11H,3-6H2,1-2H3. The van der Waals surface area contributed by atoms with Crippen molar-refractivity contribution in [3.63, 3.8) is 0 Å². The molecule has 1 saturated heterocycles. The summed E-state index contributed by atoms with van der Waals surface area (Å²) in [5, 5.41) is 7.41. The second-order valence-electron chi connectivity index (χ2n) is 3.84. The van der Waals surface area contributed by atoms with E-state index in [4.69, 9.17) is 0 Å². The minimum Gasteiger partial charge on any atom is -0.335 e. The van der Waals surface area contributed by atoms with Crippen molar-refractivity contribution in [3.8, 4) is 0 Å². The minimum absolute atomic E-state index is 0.0419. The molecule has 1 aliphatic heterocycles. The maximum atomic E-state index is 12.0. The van der Waals surface area contributed by atoms with Gasteiger partial charge in [0.15, 0.2) is 5.69 Å². The number of aromatic nitrogens is 2. The number of hydrogen-bond donors (Lipinski definition) is 1. The third-order valence-electron chi connectivity index (χ3n) is 2.74. The van der Waals surface area contributed by atoms with Crippen LogP contribution < -0.4 is 5.32 Å². The summed E-state index contributed by atoms with van der Waals surface area (Å²) in [7, 11) is 1.85. The van der Waals surface area contributed by atoms with Gasteiger partial charge in [-0.3, -0.25) is 9.48 Å². The van der Waals surface area contributed by atoms with Crippen molar-refractivity contribution in [1.82, 2.24) is 20.0 Å². The Labute approximate surface area is 89.1 Å². The number of nitrogens with zero attached hydrogens (tertiary/aromatic N) is 3. The number of hydrogen-bond acceptors (Lipinski definition) is 3. The highest BCUT2D eigenvalue weighted by molar-refractivity contribution is 5.92. The second kappa shape index (κ2) is 4.02. The summed E-state index contributed by atoms with van der Waals surface area (Å²) in [6, 6.07) is 1.84. The van der Waals surface area contributed by atoms with Crippen molar-refractivity contribution in [3.05, 3.63) is 17.5 Å². The highest BCUT2D eigenvalue weighted by Gasteiger charge is 2.20. The molecule has 1 aromatic heterocycles. The lowest BCUT2D eigenvalue weighted by molar-refractivity contribution is 0.0729. The fraction of sp³-hybridized carbons (Fsp3) is 0.600. The fourth-order valence-corrected chi connectivity index (χ4v) is 1.70. The molecule has 1 aliphatic rings. The van der Waals surface area contributed by atoms with Gasteiger partial charge in [-0.25, -0.2) is 0 Å². The van der Waals surface area contributed by atoms with Gasteiger partial charge in [-0.05, 0) is 13.0 Å². The Kier molecular flexibility index (Phi) is 2.73. The Morgan fingerprint density at radius 1 is 1.47 bits per heavy atom. The van der Waals surface area contributed by atoms with E-state index in [9.17, 15) is 4.79 Å². The van der Waals surface area contributed by atoms with Crippen LogP contribution in [0.3, 0.4) is 0 Å². The number of carbonyl (C=O) groups is 1. The summed E-state index contributed by atoms with van der Waals surface area (Å²) in [6.07, 6.45) is 0. The molecule has 0 bridgehead atoms. The molecule has 5 heteroatoms. The molecule has 0 aliphatic carbocycles. The largest absolute Gasteiger partial charge is 0.335 e. The third kappa shape index (κ3) is 2.02. The van der Waals surface area contributed by atoms with Gasteiger partial charge in [0, 0.05) is 38.9 Å². The normalized spacial score (nSPS) is 16.8. The van der Waals surface area contributed by atoms with Gasteiger partial charge >= 0.3 is 0 Å². The summed E-state index contributed by atoms with van der Waals surface area (Å²) < 4.78 is 1.73. The van der Waals surface area contributed by atoms with Gasteiger partial charge in [0.1, 0.15) is 0 Å². The van der Waals surface area contributed by atoms with Crippen LogP contribution in [0.1, 0.15) is 16.2 Å². The molecular weight excluding hydrogens is 192 g/mol. The number of rotatable bonds is 1. The van der Waals surface area contributed by atoms with Crippen LogP contribution in [0.4, 0.5) is 0 Å². The molecule has 0 spiro atoms. The summed E-state index contributed by atoms with van der Waals surface area (Å²) in [6.45, 7) is 5.24. The molecule has 1 amide bonds. The van der Waals surface area contributed by atoms with Crippen LogP contribution in [0.15, 0.2) is 6.07 Å². The number of amides is 1. The van der Waals surface area contributed by atoms with E-state index in [0.717, 1.165) is 31.9 Å². The van der Waals surface area contributed by atoms with Crippen LogP contribution in [0, 0.1) is 6.92 Å². The Morgan fingerprint density at radius 3 is 2.67 bits per heavy atom. The molecule has 2 heterocycles. The predicted molar refractivity (Wildman–Crippen MR) is 56.7 cm³/mol. The van der Waals surface area contributed by atoms with Crippen LogP contribution in [0.5, 0.6) is 0 Å². The van der Waals surface area contributed by atoms with Crippen molar-refractivity contribution in [2.45, 2.75) is 6.92 Å². The molecule has 0 saturated carbocycles. The lowest BCUT2D eigenvalue weighted by Crippen LogP contribution is -2.46. The maximum absolute atomic E-state index is 12.0. The molecule has 0 radical (unpaired) electrons. The minimum atomic E-state index is 0.0419. The molecule has 2 rings (SSSR count). The summed E-state index contributed by atoms with van der Waals surface area (Å²) in [5.74, 6) is 0.0419. The van der Waals surface area contributed by atoms with Gasteiger partial charge in [0.25, 0.3) is 5.91 Å². The lowest BCUT2D eigenvalue weighted by Gasteiger charge is -2.26. The topological polar surface area (TPSA) is 50.2 Å². The first-order chi connectivity index (χ1) is 7.18. The van der Waals surface area contributed by atoms with Crippen LogP contribution in [0.25, 0.3) is 0 Å². The van der Waals surface area contributed by atoms with Gasteiger partial charge < -0.3 is 10.2 Å². The van der Waals surface area contributed by atoms with E-state index in [1.165, 1.54) is 0 Å². The van der Waals surface area contributed by atoms with Crippen LogP contribution in [-0.2, 0) is 7.05 Å². The zero-order chi connectivity index (χ0) is 10.8. The Balaban J connectivity index is 2.12. The molecule has 0 atom stereocenters. The van der Waals surface area contributed by atoms with Crippen molar-refractivity contribution in [2.24, 2.45) is 7.05 Å². The van der Waals surface area contributed by atoms with E-state index < -0.39 is 0 Å². The number of nitrogens with one attached hydrogen (secondary N) is 1. The summed E-state index contributed by atoms with van der Waals surface area (Å²) >= 11 is 0. The molecule has 1 N–H and O–H groups in total. The Hall–Kier alpha value is -1.36. The molecule has 0 unspecified atom stereocenters. The molecule has 1 aromatic rings. The number of piperazine rings is 1. The number of carbonyl (C=O) groups excluding carboxylic acids is 1. The van der Waals surface area contributed by atoms with E-state index in [1.54, 1.807) is 4.68 Å². The quantitative estimate of drug-likeness (QED) is 0.694. The van der Waals surface area contributed by atoms with E-state index in [-0.39, 0.29) is 5.91 Å². The highest BCUT2D eigenvalue weighted by Crippen LogP contribution is 2.06. The Morgan fingerprint density at radius 2 is 2.13 bits per heavy atom. The average Bonchev–Trinajstić information content (AvgIpc) is 2.59. The van der Waals surface area contributed by atoms with Gasteiger partial charge in [0.2, 0.25) is 0 Å². The molecule has 15 heavy (non-hydrogen) atoms. The van der Waals surface area contributed by atoms with Crippen LogP contribution >= 0.6 is 0 Å². The summed E-state index contributed by atoms with van der Waals surface area (Å²) in [4.78, 5) is 13.8. The van der Waals surface area contributed by atoms with Gasteiger partial charge in [0.05, 0.1) is 0 Å². The van der Waals surface area contributed by atoms with Crippen molar-refractivity contribution in [2.75, 3.05) is 26.2 Å². The van der Waals surface area contributed by atoms with E-state index in [1.807, 2.05) is 24.9 Å². The van der Waals surface area contributed by atoms with E-state index in [0.29, 0.717) is 5.69 Å². The maximum Gasteiger partial charge on any atom is 0.274 e. The van der Waals surface area contributed by atoms with Crippen molar-refractivity contribution >= 4 is 5.91 Å². The zero-order valence-electron chi connectivity index (χ0n) is 9.16. The molecular formula is C10H16N4O. The first-order valence-electron chi connectivity index (χ1n) is 5.19. The Bertz CT molecular complexity index is 346. The van der Waals surface area contributed by atoms with Crippen LogP contribution in [-0.4, -0.2) is 46.8 Å². The number of aryl methyl sites for hydroxylation is 2. The first-order valence-corrected chi connectivity index (χ1v) is 5.19. The lowest BCUT2D eigenvalue weighted by atomic mass is 10.3. The molecule has 5 nitrogen and oxygen atoms in total. The van der Waals surface area contributed by atoms with Crippen LogP contribution in [0.2, 0.25) is 0 Å². The van der Waals surface area contributed by atoms with Crippen molar-refractivity contribution < 1.29 is 4.79 Å². The summed E-state index contributed by atoms with van der Waals surface area (Å²) in [5.41, 5.74) is 1.56. The van der Waals surface area contributed by atoms with Gasteiger partial charge in [-0.2, -0.15) is 5.10 Å². The monoisotopic (exact) mass is 208 g/mol. The smallest absolute Gasteiger partial charge is 0.274 e. The zero-order valence-corrected chi connectivity index (χ0v) is 9.16. The molecule has 0 aromatic carbocycles. The molecule has 82 valence electrons. The van der Waals surface area contributed by atoms with Gasteiger partial charge in [-0.1, -0.05) is 0 Å². The first kappa shape index (κ1) is 10.2. The van der Waals surface area contributed by atoms with E-state index in [2.05, 4.69) is 10.4 Å². The second-order valence-corrected chi connectivity index (χ2v) is 3.84. The predicted octanol–water partition coefficient (Wildman–Crippen LogP) is -0.226. The third-order valence-corrected chi connectivity index (χ3v) is 2.74. The fourth-order valence-electron chi connectivity index (χ4n) is 1.70. The van der Waals surface area contributed by atoms with Gasteiger partial charge in [-0.15, -0.1) is 0 Å². The highest BCUT2D eigenvalue weighted by atomic mass is 16.2. The van der Waals surface area contributed by atoms with Crippen molar-refractivity contribution in [1.29, 1.82) is 0 Å². The average molecular weight is 208 g/mol. The SMILES string of the molecule is Cc1cc(C(=O)N2CCNCC2)nn1C. The van der Waals surface area contributed by atoms with E-state index >= 15 is 0 Å². The molecule has 1 fully saturated rings.